The molecule has 1 amide bonds. The summed E-state index contributed by atoms with van der Waals surface area (Å²) in [6.07, 6.45) is 1.03. The van der Waals surface area contributed by atoms with E-state index in [0.29, 0.717) is 28.7 Å². The van der Waals surface area contributed by atoms with Crippen LogP contribution in [0.4, 0.5) is 11.4 Å². The Morgan fingerprint density at radius 3 is 2.03 bits per heavy atom. The molecule has 9 nitrogen and oxygen atoms in total. The average molecular weight is 439 g/mol. The first-order valence-electron chi connectivity index (χ1n) is 8.90. The quantitative estimate of drug-likeness (QED) is 0.642. The SMILES string of the molecule is COc1ccc(OC)c(NC(=O)[C@H](C)N(c2ccc(OC)c(OC)c2)S(C)(=O)=O)c1. The molecule has 2 aromatic rings. The second-order valence-electron chi connectivity index (χ2n) is 6.33. The third kappa shape index (κ3) is 5.07. The number of nitrogens with one attached hydrogen (secondary N) is 1. The molecule has 0 saturated carbocycles. The minimum absolute atomic E-state index is 0.260. The summed E-state index contributed by atoms with van der Waals surface area (Å²) in [5.74, 6) is 1.15. The maximum Gasteiger partial charge on any atom is 0.248 e. The maximum atomic E-state index is 12.9. The Labute approximate surface area is 176 Å². The fraction of sp³-hybridized carbons (Fsp3) is 0.350. The van der Waals surface area contributed by atoms with Gasteiger partial charge in [-0.05, 0) is 31.2 Å². The first-order chi connectivity index (χ1) is 14.2. The molecule has 0 fully saturated rings. The number of benzene rings is 2. The monoisotopic (exact) mass is 438 g/mol. The molecular weight excluding hydrogens is 412 g/mol. The second kappa shape index (κ2) is 9.57. The summed E-state index contributed by atoms with van der Waals surface area (Å²) >= 11 is 0. The van der Waals surface area contributed by atoms with Crippen molar-refractivity contribution in [3.63, 3.8) is 0 Å². The highest BCUT2D eigenvalue weighted by atomic mass is 32.2. The summed E-state index contributed by atoms with van der Waals surface area (Å²) in [4.78, 5) is 12.9. The lowest BCUT2D eigenvalue weighted by molar-refractivity contribution is -0.116. The largest absolute Gasteiger partial charge is 0.497 e. The number of nitrogens with zero attached hydrogens (tertiary/aromatic N) is 1. The summed E-state index contributed by atoms with van der Waals surface area (Å²) in [5.41, 5.74) is 0.616. The van der Waals surface area contributed by atoms with E-state index < -0.39 is 22.0 Å². The molecule has 0 aliphatic rings. The summed E-state index contributed by atoms with van der Waals surface area (Å²) in [6, 6.07) is 8.45. The molecule has 0 bridgehead atoms. The molecule has 0 heterocycles. The number of ether oxygens (including phenoxy) is 4. The van der Waals surface area contributed by atoms with Crippen LogP contribution in [0.5, 0.6) is 23.0 Å². The Morgan fingerprint density at radius 1 is 0.900 bits per heavy atom. The Hall–Kier alpha value is -3.14. The van der Waals surface area contributed by atoms with Crippen molar-refractivity contribution in [3.05, 3.63) is 36.4 Å². The van der Waals surface area contributed by atoms with E-state index in [1.54, 1.807) is 24.3 Å². The molecule has 0 spiro atoms. The van der Waals surface area contributed by atoms with Crippen molar-refractivity contribution >= 4 is 27.3 Å². The van der Waals surface area contributed by atoms with Crippen molar-refractivity contribution in [2.75, 3.05) is 44.3 Å². The lowest BCUT2D eigenvalue weighted by atomic mass is 10.2. The number of hydrogen-bond acceptors (Lipinski definition) is 7. The van der Waals surface area contributed by atoms with Gasteiger partial charge >= 0.3 is 0 Å². The van der Waals surface area contributed by atoms with Gasteiger partial charge in [0.15, 0.2) is 11.5 Å². The Balaban J connectivity index is 2.41. The van der Waals surface area contributed by atoms with Crippen LogP contribution in [0.25, 0.3) is 0 Å². The van der Waals surface area contributed by atoms with Gasteiger partial charge in [0.05, 0.1) is 46.1 Å². The molecule has 0 aromatic heterocycles. The minimum atomic E-state index is -3.81. The molecule has 2 aromatic carbocycles. The van der Waals surface area contributed by atoms with E-state index >= 15 is 0 Å². The number of hydrogen-bond donors (Lipinski definition) is 1. The number of sulfonamides is 1. The molecule has 2 rings (SSSR count). The molecule has 30 heavy (non-hydrogen) atoms. The molecule has 1 atom stereocenters. The van der Waals surface area contributed by atoms with Crippen molar-refractivity contribution in [3.8, 4) is 23.0 Å². The maximum absolute atomic E-state index is 12.9. The zero-order chi connectivity index (χ0) is 22.5. The zero-order valence-corrected chi connectivity index (χ0v) is 18.6. The molecule has 164 valence electrons. The average Bonchev–Trinajstić information content (AvgIpc) is 2.72. The molecule has 1 N–H and O–H groups in total. The van der Waals surface area contributed by atoms with E-state index in [1.807, 2.05) is 0 Å². The summed E-state index contributed by atoms with van der Waals surface area (Å²) in [7, 11) is 2.07. The minimum Gasteiger partial charge on any atom is -0.497 e. The van der Waals surface area contributed by atoms with E-state index in [2.05, 4.69) is 5.32 Å². The van der Waals surface area contributed by atoms with Gasteiger partial charge in [0, 0.05) is 12.1 Å². The van der Waals surface area contributed by atoms with Crippen molar-refractivity contribution in [2.24, 2.45) is 0 Å². The molecule has 0 aliphatic heterocycles. The van der Waals surface area contributed by atoms with Gasteiger partial charge in [-0.2, -0.15) is 0 Å². The Morgan fingerprint density at radius 2 is 1.50 bits per heavy atom. The van der Waals surface area contributed by atoms with Gasteiger partial charge in [-0.25, -0.2) is 8.42 Å². The van der Waals surface area contributed by atoms with Crippen LogP contribution in [0.2, 0.25) is 0 Å². The first-order valence-corrected chi connectivity index (χ1v) is 10.7. The van der Waals surface area contributed by atoms with E-state index in [4.69, 9.17) is 18.9 Å². The fourth-order valence-electron chi connectivity index (χ4n) is 2.92. The lowest BCUT2D eigenvalue weighted by Gasteiger charge is -2.29. The molecule has 0 aliphatic carbocycles. The standard InChI is InChI=1S/C20H26N2O7S/c1-13(20(23)21-16-12-15(26-2)8-10-17(16)27-3)22(30(6,24)25)14-7-9-18(28-4)19(11-14)29-5/h7-13H,1-6H3,(H,21,23)/t13-/m0/s1. The van der Waals surface area contributed by atoms with Gasteiger partial charge in [-0.3, -0.25) is 9.10 Å². The van der Waals surface area contributed by atoms with E-state index in [9.17, 15) is 13.2 Å². The van der Waals surface area contributed by atoms with Gasteiger partial charge < -0.3 is 24.3 Å². The van der Waals surface area contributed by atoms with Crippen LogP contribution in [0.3, 0.4) is 0 Å². The normalized spacial score (nSPS) is 11.9. The summed E-state index contributed by atoms with van der Waals surface area (Å²) in [6.45, 7) is 1.49. The molecule has 0 saturated heterocycles. The van der Waals surface area contributed by atoms with Crippen LogP contribution in [0.15, 0.2) is 36.4 Å². The Kier molecular flexibility index (Phi) is 7.38. The van der Waals surface area contributed by atoms with Crippen molar-refractivity contribution in [2.45, 2.75) is 13.0 Å². The van der Waals surface area contributed by atoms with Crippen LogP contribution in [0, 0.1) is 0 Å². The lowest BCUT2D eigenvalue weighted by Crippen LogP contribution is -2.45. The van der Waals surface area contributed by atoms with Gasteiger partial charge in [0.1, 0.15) is 17.5 Å². The van der Waals surface area contributed by atoms with Crippen LogP contribution < -0.4 is 28.6 Å². The van der Waals surface area contributed by atoms with Crippen LogP contribution in [0.1, 0.15) is 6.92 Å². The second-order valence-corrected chi connectivity index (χ2v) is 8.19. The summed E-state index contributed by atoms with van der Waals surface area (Å²) in [5, 5.41) is 2.70. The van der Waals surface area contributed by atoms with Crippen LogP contribution in [-0.4, -0.2) is 55.1 Å². The fourth-order valence-corrected chi connectivity index (χ4v) is 4.09. The van der Waals surface area contributed by atoms with Crippen LogP contribution >= 0.6 is 0 Å². The van der Waals surface area contributed by atoms with Gasteiger partial charge in [0.2, 0.25) is 15.9 Å². The topological polar surface area (TPSA) is 103 Å². The molecule has 0 radical (unpaired) electrons. The van der Waals surface area contributed by atoms with E-state index in [0.717, 1.165) is 10.6 Å². The summed E-state index contributed by atoms with van der Waals surface area (Å²) < 4.78 is 47.0. The number of rotatable bonds is 9. The highest BCUT2D eigenvalue weighted by Crippen LogP contribution is 2.34. The van der Waals surface area contributed by atoms with Crippen molar-refractivity contribution < 1.29 is 32.2 Å². The van der Waals surface area contributed by atoms with Gasteiger partial charge in [0.25, 0.3) is 0 Å². The predicted molar refractivity (Wildman–Crippen MR) is 115 cm³/mol. The van der Waals surface area contributed by atoms with Crippen molar-refractivity contribution in [1.82, 2.24) is 0 Å². The number of amides is 1. The molecular formula is C20H26N2O7S. The third-order valence-corrected chi connectivity index (χ3v) is 5.62. The van der Waals surface area contributed by atoms with Gasteiger partial charge in [-0.15, -0.1) is 0 Å². The third-order valence-electron chi connectivity index (χ3n) is 4.37. The van der Waals surface area contributed by atoms with Crippen LogP contribution in [-0.2, 0) is 14.8 Å². The number of carbonyl (C=O) groups is 1. The first kappa shape index (κ1) is 23.1. The van der Waals surface area contributed by atoms with E-state index in [1.165, 1.54) is 47.5 Å². The van der Waals surface area contributed by atoms with E-state index in [-0.39, 0.29) is 5.69 Å². The highest BCUT2D eigenvalue weighted by molar-refractivity contribution is 7.92. The highest BCUT2D eigenvalue weighted by Gasteiger charge is 2.30. The Bertz CT molecular complexity index is 1010. The zero-order valence-electron chi connectivity index (χ0n) is 17.8. The number of anilines is 2. The smallest absolute Gasteiger partial charge is 0.248 e. The molecule has 0 unspecified atom stereocenters. The predicted octanol–water partition coefficient (Wildman–Crippen LogP) is 2.51. The van der Waals surface area contributed by atoms with Gasteiger partial charge in [-0.1, -0.05) is 0 Å². The molecule has 10 heteroatoms. The number of carbonyl (C=O) groups excluding carboxylic acids is 1. The van der Waals surface area contributed by atoms with Crippen molar-refractivity contribution in [1.29, 1.82) is 0 Å². The number of methoxy groups -OCH3 is 4.